The van der Waals surface area contributed by atoms with Gasteiger partial charge in [-0.25, -0.2) is 8.42 Å². The lowest BCUT2D eigenvalue weighted by Gasteiger charge is -2.09. The first-order valence-corrected chi connectivity index (χ1v) is 8.25. The molecule has 1 rings (SSSR count). The number of aryl methyl sites for hydroxylation is 1. The Morgan fingerprint density at radius 2 is 1.81 bits per heavy atom. The molecule has 21 heavy (non-hydrogen) atoms. The normalized spacial score (nSPS) is 12.7. The molecule has 1 aromatic carbocycles. The zero-order chi connectivity index (χ0) is 16.0. The molecule has 0 radical (unpaired) electrons. The smallest absolute Gasteiger partial charge is 0.325 e. The first kappa shape index (κ1) is 17.2. The molecule has 0 unspecified atom stereocenters. The molecule has 0 saturated carbocycles. The molecular formula is C14H19NO5S. The van der Waals surface area contributed by atoms with Gasteiger partial charge in [0.15, 0.2) is 9.84 Å². The van der Waals surface area contributed by atoms with Gasteiger partial charge in [0.25, 0.3) is 0 Å². The maximum Gasteiger partial charge on any atom is 0.325 e. The van der Waals surface area contributed by atoms with Crippen molar-refractivity contribution in [2.45, 2.75) is 37.6 Å². The van der Waals surface area contributed by atoms with Gasteiger partial charge >= 0.3 is 5.97 Å². The van der Waals surface area contributed by atoms with Gasteiger partial charge in [-0.1, -0.05) is 19.1 Å². The summed E-state index contributed by atoms with van der Waals surface area (Å²) in [4.78, 5) is 22.4. The highest BCUT2D eigenvalue weighted by Crippen LogP contribution is 2.13. The molecule has 1 atom stereocenters. The van der Waals surface area contributed by atoms with Crippen molar-refractivity contribution >= 4 is 21.7 Å². The standard InChI is InChI=1S/C14H19NO5S/c1-3-21(19,20)12-7-4-11(5-8-12)6-9-13(16)15-10(2)14(17)18/h4-5,7-8,10H,3,6,9H2,1-2H3,(H,15,16)(H,17,18)/t10-/m1/s1. The van der Waals surface area contributed by atoms with Crippen molar-refractivity contribution in [1.82, 2.24) is 5.32 Å². The van der Waals surface area contributed by atoms with E-state index in [2.05, 4.69) is 5.32 Å². The summed E-state index contributed by atoms with van der Waals surface area (Å²) in [6.45, 7) is 2.97. The Morgan fingerprint density at radius 3 is 2.29 bits per heavy atom. The topological polar surface area (TPSA) is 101 Å². The van der Waals surface area contributed by atoms with Crippen LogP contribution in [-0.2, 0) is 25.8 Å². The van der Waals surface area contributed by atoms with Gasteiger partial charge in [0.2, 0.25) is 5.91 Å². The van der Waals surface area contributed by atoms with Gasteiger partial charge in [0, 0.05) is 6.42 Å². The number of aliphatic carboxylic acids is 1. The quantitative estimate of drug-likeness (QED) is 0.782. The van der Waals surface area contributed by atoms with E-state index in [4.69, 9.17) is 5.11 Å². The van der Waals surface area contributed by atoms with Crippen LogP contribution < -0.4 is 5.32 Å². The molecule has 0 aliphatic heterocycles. The number of amides is 1. The number of rotatable bonds is 7. The third-order valence-corrected chi connectivity index (χ3v) is 4.80. The van der Waals surface area contributed by atoms with E-state index in [9.17, 15) is 18.0 Å². The first-order chi connectivity index (χ1) is 9.76. The van der Waals surface area contributed by atoms with Crippen LogP contribution in [0.15, 0.2) is 29.2 Å². The predicted octanol–water partition coefficient (Wildman–Crippen LogP) is 1.00. The largest absolute Gasteiger partial charge is 0.480 e. The van der Waals surface area contributed by atoms with Crippen LogP contribution in [0.4, 0.5) is 0 Å². The van der Waals surface area contributed by atoms with E-state index in [1.807, 2.05) is 0 Å². The maximum absolute atomic E-state index is 11.6. The number of nitrogens with one attached hydrogen (secondary N) is 1. The fourth-order valence-corrected chi connectivity index (χ4v) is 2.55. The Labute approximate surface area is 124 Å². The highest BCUT2D eigenvalue weighted by molar-refractivity contribution is 7.91. The van der Waals surface area contributed by atoms with Gasteiger partial charge in [0.05, 0.1) is 10.6 Å². The number of hydrogen-bond donors (Lipinski definition) is 2. The molecule has 0 bridgehead atoms. The molecule has 0 aliphatic carbocycles. The monoisotopic (exact) mass is 313 g/mol. The third-order valence-electron chi connectivity index (χ3n) is 3.05. The van der Waals surface area contributed by atoms with E-state index in [1.54, 1.807) is 19.1 Å². The lowest BCUT2D eigenvalue weighted by atomic mass is 10.1. The van der Waals surface area contributed by atoms with E-state index < -0.39 is 21.8 Å². The Morgan fingerprint density at radius 1 is 1.24 bits per heavy atom. The van der Waals surface area contributed by atoms with Gasteiger partial charge in [-0.15, -0.1) is 0 Å². The molecule has 0 heterocycles. The Balaban J connectivity index is 2.58. The van der Waals surface area contributed by atoms with E-state index in [0.717, 1.165) is 5.56 Å². The number of sulfone groups is 1. The molecule has 1 aromatic rings. The molecule has 2 N–H and O–H groups in total. The van der Waals surface area contributed by atoms with Crippen LogP contribution in [0.2, 0.25) is 0 Å². The lowest BCUT2D eigenvalue weighted by Crippen LogP contribution is -2.38. The maximum atomic E-state index is 11.6. The molecule has 1 amide bonds. The van der Waals surface area contributed by atoms with Crippen molar-refractivity contribution in [3.05, 3.63) is 29.8 Å². The van der Waals surface area contributed by atoms with Crippen molar-refractivity contribution in [2.75, 3.05) is 5.75 Å². The molecule has 7 heteroatoms. The van der Waals surface area contributed by atoms with Crippen LogP contribution in [0.5, 0.6) is 0 Å². The second kappa shape index (κ2) is 7.21. The van der Waals surface area contributed by atoms with Crippen molar-refractivity contribution in [2.24, 2.45) is 0 Å². The van der Waals surface area contributed by atoms with Crippen molar-refractivity contribution < 1.29 is 23.1 Å². The second-order valence-corrected chi connectivity index (χ2v) is 6.95. The van der Waals surface area contributed by atoms with Gasteiger partial charge in [-0.3, -0.25) is 9.59 Å². The summed E-state index contributed by atoms with van der Waals surface area (Å²) < 4.78 is 23.3. The van der Waals surface area contributed by atoms with E-state index in [0.29, 0.717) is 6.42 Å². The molecule has 6 nitrogen and oxygen atoms in total. The van der Waals surface area contributed by atoms with Crippen molar-refractivity contribution in [3.8, 4) is 0 Å². The molecule has 0 saturated heterocycles. The summed E-state index contributed by atoms with van der Waals surface area (Å²) in [5.41, 5.74) is 0.822. The van der Waals surface area contributed by atoms with E-state index >= 15 is 0 Å². The second-order valence-electron chi connectivity index (χ2n) is 4.67. The van der Waals surface area contributed by atoms with E-state index in [1.165, 1.54) is 19.1 Å². The molecular weight excluding hydrogens is 294 g/mol. The molecule has 0 aliphatic rings. The van der Waals surface area contributed by atoms with Crippen LogP contribution in [0.1, 0.15) is 25.8 Å². The predicted molar refractivity (Wildman–Crippen MR) is 77.7 cm³/mol. The van der Waals surface area contributed by atoms with Gasteiger partial charge in [-0.05, 0) is 31.0 Å². The minimum atomic E-state index is -3.22. The number of carbonyl (C=O) groups excluding carboxylic acids is 1. The molecule has 116 valence electrons. The van der Waals surface area contributed by atoms with Crippen LogP contribution in [0.3, 0.4) is 0 Å². The summed E-state index contributed by atoms with van der Waals surface area (Å²) in [6, 6.07) is 5.44. The Kier molecular flexibility index (Phi) is 5.90. The summed E-state index contributed by atoms with van der Waals surface area (Å²) >= 11 is 0. The lowest BCUT2D eigenvalue weighted by molar-refractivity contribution is -0.141. The third kappa shape index (κ3) is 5.18. The Bertz CT molecular complexity index is 607. The number of benzene rings is 1. The number of carboxylic acid groups (broad SMARTS) is 1. The van der Waals surface area contributed by atoms with Crippen LogP contribution in [0.25, 0.3) is 0 Å². The summed E-state index contributed by atoms with van der Waals surface area (Å²) in [7, 11) is -3.22. The van der Waals surface area contributed by atoms with Crippen molar-refractivity contribution in [3.63, 3.8) is 0 Å². The number of hydrogen-bond acceptors (Lipinski definition) is 4. The molecule has 0 spiro atoms. The van der Waals surface area contributed by atoms with E-state index in [-0.39, 0.29) is 23.0 Å². The fourth-order valence-electron chi connectivity index (χ4n) is 1.66. The highest BCUT2D eigenvalue weighted by atomic mass is 32.2. The molecule has 0 aromatic heterocycles. The van der Waals surface area contributed by atoms with Crippen LogP contribution in [-0.4, -0.2) is 37.2 Å². The Hall–Kier alpha value is -1.89. The van der Waals surface area contributed by atoms with Gasteiger partial charge in [0.1, 0.15) is 6.04 Å². The number of carboxylic acids is 1. The SMILES string of the molecule is CCS(=O)(=O)c1ccc(CCC(=O)N[C@H](C)C(=O)O)cc1. The minimum Gasteiger partial charge on any atom is -0.480 e. The summed E-state index contributed by atoms with van der Waals surface area (Å²) in [5.74, 6) is -1.39. The highest BCUT2D eigenvalue weighted by Gasteiger charge is 2.14. The summed E-state index contributed by atoms with van der Waals surface area (Å²) in [6.07, 6.45) is 0.572. The van der Waals surface area contributed by atoms with Gasteiger partial charge < -0.3 is 10.4 Å². The van der Waals surface area contributed by atoms with Crippen LogP contribution in [0, 0.1) is 0 Å². The average Bonchev–Trinajstić information content (AvgIpc) is 2.45. The summed E-state index contributed by atoms with van der Waals surface area (Å²) in [5, 5.41) is 11.0. The van der Waals surface area contributed by atoms with Crippen LogP contribution >= 0.6 is 0 Å². The fraction of sp³-hybridized carbons (Fsp3) is 0.429. The average molecular weight is 313 g/mol. The van der Waals surface area contributed by atoms with Gasteiger partial charge in [-0.2, -0.15) is 0 Å². The zero-order valence-electron chi connectivity index (χ0n) is 12.0. The first-order valence-electron chi connectivity index (χ1n) is 6.60. The number of carbonyl (C=O) groups is 2. The minimum absolute atomic E-state index is 0.0435. The zero-order valence-corrected chi connectivity index (χ0v) is 12.8. The molecule has 0 fully saturated rings. The van der Waals surface area contributed by atoms with Crippen molar-refractivity contribution in [1.29, 1.82) is 0 Å².